The molecular formula is C24H28O8. The number of hydrogen-bond donors (Lipinski definition) is 0. The van der Waals surface area contributed by atoms with Crippen molar-refractivity contribution < 1.29 is 38.0 Å². The molecule has 0 aliphatic rings. The Labute approximate surface area is 187 Å². The molecule has 0 saturated carbocycles. The number of fused-ring (bicyclic) bond motifs is 1. The molecule has 0 N–H and O–H groups in total. The molecule has 0 heterocycles. The van der Waals surface area contributed by atoms with Crippen LogP contribution in [-0.2, 0) is 28.5 Å². The second-order valence-electron chi connectivity index (χ2n) is 6.34. The van der Waals surface area contributed by atoms with Crippen LogP contribution in [0.3, 0.4) is 0 Å². The summed E-state index contributed by atoms with van der Waals surface area (Å²) in [6.45, 7) is 9.15. The maximum atomic E-state index is 10.9. The van der Waals surface area contributed by atoms with Crippen LogP contribution >= 0.6 is 0 Å². The zero-order valence-electron chi connectivity index (χ0n) is 18.0. The summed E-state index contributed by atoms with van der Waals surface area (Å²) in [6.07, 6.45) is 2.22. The average Bonchev–Trinajstić information content (AvgIpc) is 2.82. The summed E-state index contributed by atoms with van der Waals surface area (Å²) in [6, 6.07) is 11.6. The van der Waals surface area contributed by atoms with Gasteiger partial charge >= 0.3 is 11.9 Å². The van der Waals surface area contributed by atoms with E-state index in [1.165, 1.54) is 0 Å². The van der Waals surface area contributed by atoms with Crippen molar-refractivity contribution in [1.82, 2.24) is 0 Å². The Hall–Kier alpha value is -3.36. The third kappa shape index (κ3) is 9.63. The molecule has 2 aromatic rings. The van der Waals surface area contributed by atoms with Gasteiger partial charge in [-0.05, 0) is 35.0 Å². The van der Waals surface area contributed by atoms with Crippen LogP contribution in [0.4, 0.5) is 0 Å². The minimum Gasteiger partial charge on any atom is -0.491 e. The third-order valence-electron chi connectivity index (χ3n) is 4.05. The van der Waals surface area contributed by atoms with Gasteiger partial charge in [0.15, 0.2) is 0 Å². The van der Waals surface area contributed by atoms with Crippen molar-refractivity contribution in [3.05, 3.63) is 61.7 Å². The molecule has 0 aromatic heterocycles. The molecule has 0 spiro atoms. The van der Waals surface area contributed by atoms with Gasteiger partial charge < -0.3 is 28.4 Å². The Bertz CT molecular complexity index is 819. The van der Waals surface area contributed by atoms with Crippen LogP contribution < -0.4 is 9.47 Å². The summed E-state index contributed by atoms with van der Waals surface area (Å²) in [7, 11) is 0. The molecule has 8 nitrogen and oxygen atoms in total. The van der Waals surface area contributed by atoms with Crippen LogP contribution in [0.1, 0.15) is 0 Å². The number of rotatable bonds is 16. The number of carbonyl (C=O) groups excluding carboxylic acids is 2. The molecule has 0 saturated heterocycles. The Balaban J connectivity index is 1.65. The predicted octanol–water partition coefficient (Wildman–Crippen LogP) is 3.09. The van der Waals surface area contributed by atoms with E-state index in [0.29, 0.717) is 39.6 Å². The first-order chi connectivity index (χ1) is 15.6. The molecule has 0 atom stereocenters. The van der Waals surface area contributed by atoms with Gasteiger partial charge in [-0.3, -0.25) is 0 Å². The minimum absolute atomic E-state index is 0.183. The molecule has 0 radical (unpaired) electrons. The highest BCUT2D eigenvalue weighted by Crippen LogP contribution is 2.25. The molecule has 0 fully saturated rings. The van der Waals surface area contributed by atoms with Gasteiger partial charge in [-0.25, -0.2) is 9.59 Å². The summed E-state index contributed by atoms with van der Waals surface area (Å²) in [5.74, 6) is 0.537. The quantitative estimate of drug-likeness (QED) is 0.222. The van der Waals surface area contributed by atoms with Gasteiger partial charge in [0.05, 0.1) is 26.4 Å². The third-order valence-corrected chi connectivity index (χ3v) is 4.05. The van der Waals surface area contributed by atoms with E-state index >= 15 is 0 Å². The molecule has 0 bridgehead atoms. The Kier molecular flexibility index (Phi) is 11.4. The van der Waals surface area contributed by atoms with Gasteiger partial charge in [0, 0.05) is 12.2 Å². The summed E-state index contributed by atoms with van der Waals surface area (Å²) < 4.78 is 31.7. The fourth-order valence-electron chi connectivity index (χ4n) is 2.54. The topological polar surface area (TPSA) is 89.5 Å². The van der Waals surface area contributed by atoms with Crippen LogP contribution in [-0.4, -0.2) is 64.8 Å². The van der Waals surface area contributed by atoms with E-state index in [4.69, 9.17) is 28.4 Å². The van der Waals surface area contributed by atoms with Crippen molar-refractivity contribution >= 4 is 22.7 Å². The maximum Gasteiger partial charge on any atom is 0.330 e. The van der Waals surface area contributed by atoms with Crippen molar-refractivity contribution in [3.8, 4) is 11.5 Å². The van der Waals surface area contributed by atoms with E-state index in [1.54, 1.807) is 0 Å². The van der Waals surface area contributed by atoms with Crippen LogP contribution in [0.15, 0.2) is 61.7 Å². The standard InChI is InChI=1S/C24H28O8/c1-3-23(25)31-15-11-27-9-13-29-21-7-5-20-18-22(8-6-19(20)17-21)30-14-10-28-12-16-32-24(26)4-2/h3-8,17-18H,1-2,9-16H2. The highest BCUT2D eigenvalue weighted by molar-refractivity contribution is 5.85. The van der Waals surface area contributed by atoms with E-state index in [-0.39, 0.29) is 13.2 Å². The van der Waals surface area contributed by atoms with E-state index in [1.807, 2.05) is 36.4 Å². The lowest BCUT2D eigenvalue weighted by atomic mass is 10.1. The van der Waals surface area contributed by atoms with Crippen LogP contribution in [0.2, 0.25) is 0 Å². The SMILES string of the molecule is C=CC(=O)OCCOCCOc1ccc2cc(OCCOCCOC(=O)C=C)ccc2c1. The summed E-state index contributed by atoms with van der Waals surface area (Å²) in [5.41, 5.74) is 0. The molecule has 0 unspecified atom stereocenters. The van der Waals surface area contributed by atoms with Gasteiger partial charge in [0.25, 0.3) is 0 Å². The average molecular weight is 444 g/mol. The predicted molar refractivity (Wildman–Crippen MR) is 119 cm³/mol. The maximum absolute atomic E-state index is 10.9. The fraction of sp³-hybridized carbons (Fsp3) is 0.333. The Morgan fingerprint density at radius 3 is 1.44 bits per heavy atom. The molecular weight excluding hydrogens is 416 g/mol. The Morgan fingerprint density at radius 1 is 0.625 bits per heavy atom. The number of ether oxygens (including phenoxy) is 6. The largest absolute Gasteiger partial charge is 0.491 e. The molecule has 2 aromatic carbocycles. The van der Waals surface area contributed by atoms with Crippen LogP contribution in [0, 0.1) is 0 Å². The first-order valence-corrected chi connectivity index (χ1v) is 10.2. The molecule has 8 heteroatoms. The summed E-state index contributed by atoms with van der Waals surface area (Å²) >= 11 is 0. The summed E-state index contributed by atoms with van der Waals surface area (Å²) in [5, 5.41) is 2.04. The molecule has 0 aliphatic carbocycles. The first-order valence-electron chi connectivity index (χ1n) is 10.2. The van der Waals surface area contributed by atoms with E-state index < -0.39 is 11.9 Å². The molecule has 0 aliphatic heterocycles. The second-order valence-corrected chi connectivity index (χ2v) is 6.34. The lowest BCUT2D eigenvalue weighted by Gasteiger charge is -2.10. The molecule has 32 heavy (non-hydrogen) atoms. The molecule has 172 valence electrons. The van der Waals surface area contributed by atoms with Crippen molar-refractivity contribution in [3.63, 3.8) is 0 Å². The minimum atomic E-state index is -0.466. The van der Waals surface area contributed by atoms with Crippen LogP contribution in [0.25, 0.3) is 10.8 Å². The highest BCUT2D eigenvalue weighted by atomic mass is 16.6. The zero-order chi connectivity index (χ0) is 23.0. The first kappa shape index (κ1) is 24.9. The number of esters is 2. The second kappa shape index (κ2) is 14.6. The van der Waals surface area contributed by atoms with Gasteiger partial charge in [-0.15, -0.1) is 0 Å². The lowest BCUT2D eigenvalue weighted by molar-refractivity contribution is -0.140. The van der Waals surface area contributed by atoms with Gasteiger partial charge in [-0.2, -0.15) is 0 Å². The number of carbonyl (C=O) groups is 2. The lowest BCUT2D eigenvalue weighted by Crippen LogP contribution is -2.12. The molecule has 2 rings (SSSR count). The number of hydrogen-bond acceptors (Lipinski definition) is 8. The van der Waals surface area contributed by atoms with Gasteiger partial charge in [-0.1, -0.05) is 25.3 Å². The van der Waals surface area contributed by atoms with E-state index in [9.17, 15) is 9.59 Å². The van der Waals surface area contributed by atoms with Gasteiger partial charge in [0.2, 0.25) is 0 Å². The fourth-order valence-corrected chi connectivity index (χ4v) is 2.54. The van der Waals surface area contributed by atoms with Crippen LogP contribution in [0.5, 0.6) is 11.5 Å². The zero-order valence-corrected chi connectivity index (χ0v) is 18.0. The smallest absolute Gasteiger partial charge is 0.330 e. The normalized spacial score (nSPS) is 10.4. The van der Waals surface area contributed by atoms with Crippen molar-refractivity contribution in [2.75, 3.05) is 52.9 Å². The van der Waals surface area contributed by atoms with E-state index in [2.05, 4.69) is 13.2 Å². The highest BCUT2D eigenvalue weighted by Gasteiger charge is 2.02. The van der Waals surface area contributed by atoms with Gasteiger partial charge in [0.1, 0.15) is 37.9 Å². The molecule has 0 amide bonds. The van der Waals surface area contributed by atoms with Crippen molar-refractivity contribution in [2.45, 2.75) is 0 Å². The van der Waals surface area contributed by atoms with Crippen molar-refractivity contribution in [2.24, 2.45) is 0 Å². The Morgan fingerprint density at radius 2 is 1.03 bits per heavy atom. The van der Waals surface area contributed by atoms with Crippen molar-refractivity contribution in [1.29, 1.82) is 0 Å². The summed E-state index contributed by atoms with van der Waals surface area (Å²) in [4.78, 5) is 21.8. The number of benzene rings is 2. The monoisotopic (exact) mass is 444 g/mol. The van der Waals surface area contributed by atoms with E-state index in [0.717, 1.165) is 34.4 Å².